The molecule has 3 rings (SSSR count). The molecule has 1 aromatic carbocycles. The molecule has 17 heavy (non-hydrogen) atoms. The van der Waals surface area contributed by atoms with E-state index in [1.807, 2.05) is 18.2 Å². The lowest BCUT2D eigenvalue weighted by Gasteiger charge is -2.05. The van der Waals surface area contributed by atoms with E-state index in [1.165, 1.54) is 0 Å². The number of hydrogen-bond acceptors (Lipinski definition) is 4. The Hall–Kier alpha value is -2.49. The van der Waals surface area contributed by atoms with E-state index in [0.29, 0.717) is 22.4 Å². The Morgan fingerprint density at radius 3 is 2.88 bits per heavy atom. The van der Waals surface area contributed by atoms with Crippen molar-refractivity contribution in [1.29, 1.82) is 0 Å². The Balaban J connectivity index is 2.52. The molecule has 0 fully saturated rings. The normalized spacial score (nSPS) is 10.8. The molecule has 0 aliphatic carbocycles. The number of aromatic nitrogens is 2. The van der Waals surface area contributed by atoms with Crippen LogP contribution in [0.1, 0.15) is 10.4 Å². The summed E-state index contributed by atoms with van der Waals surface area (Å²) in [4.78, 5) is 19.2. The van der Waals surface area contributed by atoms with Crippen LogP contribution in [0.3, 0.4) is 0 Å². The number of nitrogen functional groups attached to an aromatic ring is 1. The molecule has 0 radical (unpaired) electrons. The summed E-state index contributed by atoms with van der Waals surface area (Å²) in [6, 6.07) is 9.17. The number of aldehydes is 1. The number of pyridine rings is 2. The maximum absolute atomic E-state index is 10.7. The van der Waals surface area contributed by atoms with Gasteiger partial charge in [-0.25, -0.2) is 4.98 Å². The van der Waals surface area contributed by atoms with E-state index in [2.05, 4.69) is 9.97 Å². The minimum absolute atomic E-state index is 0.385. The molecule has 2 aromatic heterocycles. The van der Waals surface area contributed by atoms with E-state index < -0.39 is 0 Å². The van der Waals surface area contributed by atoms with Gasteiger partial charge in [0, 0.05) is 22.5 Å². The van der Waals surface area contributed by atoms with E-state index in [9.17, 15) is 4.79 Å². The van der Waals surface area contributed by atoms with E-state index in [-0.39, 0.29) is 0 Å². The number of fused-ring (bicyclic) bond motifs is 3. The van der Waals surface area contributed by atoms with Crippen LogP contribution in [-0.4, -0.2) is 16.3 Å². The van der Waals surface area contributed by atoms with Gasteiger partial charge in [-0.3, -0.25) is 9.78 Å². The summed E-state index contributed by atoms with van der Waals surface area (Å²) in [5, 5.41) is 1.90. The lowest BCUT2D eigenvalue weighted by Crippen LogP contribution is -1.95. The maximum atomic E-state index is 10.7. The fraction of sp³-hybridized carbons (Fsp3) is 0. The van der Waals surface area contributed by atoms with Gasteiger partial charge >= 0.3 is 0 Å². The van der Waals surface area contributed by atoms with Crippen molar-refractivity contribution < 1.29 is 4.79 Å². The molecule has 0 aliphatic rings. The molecule has 0 amide bonds. The molecule has 2 N–H and O–H groups in total. The number of carbonyl (C=O) groups is 1. The molecule has 0 bridgehead atoms. The van der Waals surface area contributed by atoms with E-state index in [0.717, 1.165) is 17.1 Å². The molecule has 0 saturated heterocycles. The van der Waals surface area contributed by atoms with Gasteiger partial charge in [-0.15, -0.1) is 0 Å². The number of anilines is 1. The second-order valence-corrected chi connectivity index (χ2v) is 3.79. The lowest BCUT2D eigenvalue weighted by atomic mass is 10.1. The highest BCUT2D eigenvalue weighted by Crippen LogP contribution is 2.26. The molecule has 0 saturated carbocycles. The van der Waals surface area contributed by atoms with Gasteiger partial charge in [-0.2, -0.15) is 0 Å². The Morgan fingerprint density at radius 1 is 1.18 bits per heavy atom. The third-order valence-corrected chi connectivity index (χ3v) is 2.74. The number of rotatable bonds is 1. The molecule has 0 unspecified atom stereocenters. The van der Waals surface area contributed by atoms with Crippen LogP contribution in [0, 0.1) is 0 Å². The van der Waals surface area contributed by atoms with Gasteiger partial charge in [0.2, 0.25) is 0 Å². The topological polar surface area (TPSA) is 68.9 Å². The van der Waals surface area contributed by atoms with Crippen LogP contribution in [-0.2, 0) is 0 Å². The van der Waals surface area contributed by atoms with Crippen LogP contribution in [0.2, 0.25) is 0 Å². The number of hydrogen-bond donors (Lipinski definition) is 1. The molecule has 0 aliphatic heterocycles. The van der Waals surface area contributed by atoms with Crippen LogP contribution < -0.4 is 5.73 Å². The first-order valence-corrected chi connectivity index (χ1v) is 5.19. The number of nitrogens with zero attached hydrogens (tertiary/aromatic N) is 2. The van der Waals surface area contributed by atoms with Crippen molar-refractivity contribution in [3.05, 3.63) is 42.1 Å². The first-order valence-electron chi connectivity index (χ1n) is 5.19. The number of nitrogens with two attached hydrogens (primary N) is 1. The Morgan fingerprint density at radius 2 is 2.06 bits per heavy atom. The summed E-state index contributed by atoms with van der Waals surface area (Å²) in [5.41, 5.74) is 7.85. The summed E-state index contributed by atoms with van der Waals surface area (Å²) >= 11 is 0. The standard InChI is InChI=1S/C13H9N3O/c14-13-12-10(2-1-5-15-12)9-4-3-8(7-17)6-11(9)16-13/h1-7H,(H2,14,16). The molecule has 82 valence electrons. The quantitative estimate of drug-likeness (QED) is 0.507. The van der Waals surface area contributed by atoms with Crippen LogP contribution in [0.4, 0.5) is 5.82 Å². The Kier molecular flexibility index (Phi) is 2.01. The van der Waals surface area contributed by atoms with Crippen LogP contribution in [0.15, 0.2) is 36.5 Å². The van der Waals surface area contributed by atoms with Crippen molar-refractivity contribution in [2.45, 2.75) is 0 Å². The van der Waals surface area contributed by atoms with Gasteiger partial charge in [0.25, 0.3) is 0 Å². The van der Waals surface area contributed by atoms with Crippen molar-refractivity contribution >= 4 is 33.9 Å². The predicted octanol–water partition coefficient (Wildman–Crippen LogP) is 2.18. The highest BCUT2D eigenvalue weighted by molar-refractivity contribution is 6.08. The summed E-state index contributed by atoms with van der Waals surface area (Å²) < 4.78 is 0. The third-order valence-electron chi connectivity index (χ3n) is 2.74. The Labute approximate surface area is 97.1 Å². The van der Waals surface area contributed by atoms with Gasteiger partial charge < -0.3 is 5.73 Å². The largest absolute Gasteiger partial charge is 0.382 e. The molecule has 3 aromatic rings. The first kappa shape index (κ1) is 9.72. The van der Waals surface area contributed by atoms with Gasteiger partial charge in [-0.05, 0) is 12.1 Å². The van der Waals surface area contributed by atoms with Gasteiger partial charge in [-0.1, -0.05) is 18.2 Å². The van der Waals surface area contributed by atoms with Crippen molar-refractivity contribution in [2.75, 3.05) is 5.73 Å². The third kappa shape index (κ3) is 1.42. The highest BCUT2D eigenvalue weighted by atomic mass is 16.1. The number of carbonyl (C=O) groups excluding carboxylic acids is 1. The summed E-state index contributed by atoms with van der Waals surface area (Å²) in [6.07, 6.45) is 2.48. The van der Waals surface area contributed by atoms with Crippen molar-refractivity contribution in [3.8, 4) is 0 Å². The monoisotopic (exact) mass is 223 g/mol. The lowest BCUT2D eigenvalue weighted by molar-refractivity contribution is 0.112. The first-order chi connectivity index (χ1) is 8.29. The molecule has 0 spiro atoms. The molecule has 4 nitrogen and oxygen atoms in total. The SMILES string of the molecule is Nc1nc2cc(C=O)ccc2c2cccnc12. The zero-order valence-electron chi connectivity index (χ0n) is 8.92. The predicted molar refractivity (Wildman–Crippen MR) is 66.8 cm³/mol. The van der Waals surface area contributed by atoms with Gasteiger partial charge in [0.15, 0.2) is 5.82 Å². The number of benzene rings is 1. The average molecular weight is 223 g/mol. The van der Waals surface area contributed by atoms with Crippen LogP contribution in [0.5, 0.6) is 0 Å². The van der Waals surface area contributed by atoms with Gasteiger partial charge in [0.05, 0.1) is 5.52 Å². The molecule has 4 heteroatoms. The van der Waals surface area contributed by atoms with Crippen LogP contribution in [0.25, 0.3) is 21.8 Å². The minimum atomic E-state index is 0.385. The highest BCUT2D eigenvalue weighted by Gasteiger charge is 2.06. The average Bonchev–Trinajstić information content (AvgIpc) is 2.38. The Bertz CT molecular complexity index is 737. The fourth-order valence-electron chi connectivity index (χ4n) is 1.95. The van der Waals surface area contributed by atoms with E-state index in [4.69, 9.17) is 5.73 Å². The summed E-state index contributed by atoms with van der Waals surface area (Å²) in [7, 11) is 0. The van der Waals surface area contributed by atoms with Crippen molar-refractivity contribution in [1.82, 2.24) is 9.97 Å². The molecular weight excluding hydrogens is 214 g/mol. The minimum Gasteiger partial charge on any atom is -0.382 e. The van der Waals surface area contributed by atoms with Crippen molar-refractivity contribution in [2.24, 2.45) is 0 Å². The second-order valence-electron chi connectivity index (χ2n) is 3.79. The summed E-state index contributed by atoms with van der Waals surface area (Å²) in [5.74, 6) is 0.385. The second kappa shape index (κ2) is 3.52. The zero-order valence-corrected chi connectivity index (χ0v) is 8.92. The molecule has 2 heterocycles. The van der Waals surface area contributed by atoms with Crippen molar-refractivity contribution in [3.63, 3.8) is 0 Å². The van der Waals surface area contributed by atoms with Gasteiger partial charge in [0.1, 0.15) is 11.8 Å². The summed E-state index contributed by atoms with van der Waals surface area (Å²) in [6.45, 7) is 0. The maximum Gasteiger partial charge on any atom is 0.150 e. The molecule has 0 atom stereocenters. The fourth-order valence-corrected chi connectivity index (χ4v) is 1.95. The molecular formula is C13H9N3O. The zero-order chi connectivity index (χ0) is 11.8. The van der Waals surface area contributed by atoms with Crippen LogP contribution >= 0.6 is 0 Å². The van der Waals surface area contributed by atoms with E-state index >= 15 is 0 Å². The van der Waals surface area contributed by atoms with E-state index in [1.54, 1.807) is 18.3 Å². The smallest absolute Gasteiger partial charge is 0.150 e.